The van der Waals surface area contributed by atoms with Crippen molar-refractivity contribution in [1.29, 1.82) is 0 Å². The third-order valence-corrected chi connectivity index (χ3v) is 6.67. The number of nitrogens with zero attached hydrogens (tertiary/aromatic N) is 2. The van der Waals surface area contributed by atoms with Crippen LogP contribution in [0.3, 0.4) is 0 Å². The van der Waals surface area contributed by atoms with E-state index >= 15 is 0 Å². The van der Waals surface area contributed by atoms with Crippen LogP contribution < -0.4 is 4.72 Å². The van der Waals surface area contributed by atoms with Gasteiger partial charge in [-0.25, -0.2) is 18.4 Å². The Morgan fingerprint density at radius 2 is 1.83 bits per heavy atom. The zero-order chi connectivity index (χ0) is 21.0. The molecule has 0 saturated carbocycles. The van der Waals surface area contributed by atoms with E-state index in [-0.39, 0.29) is 0 Å². The summed E-state index contributed by atoms with van der Waals surface area (Å²) in [6.45, 7) is 0. The third-order valence-electron chi connectivity index (χ3n) is 4.18. The lowest BCUT2D eigenvalue weighted by Crippen LogP contribution is -2.09. The van der Waals surface area contributed by atoms with Gasteiger partial charge in [0.05, 0.1) is 17.0 Å². The molecule has 5 nitrogen and oxygen atoms in total. The molecule has 0 radical (unpaired) electrons. The normalized spacial score (nSPS) is 11.4. The van der Waals surface area contributed by atoms with Crippen LogP contribution in [0.25, 0.3) is 21.8 Å². The molecule has 0 aliphatic heterocycles. The van der Waals surface area contributed by atoms with Crippen LogP contribution in [0.4, 0.5) is 5.69 Å². The minimum atomic E-state index is -3.32. The maximum Gasteiger partial charge on any atom is 0.229 e. The van der Waals surface area contributed by atoms with Crippen molar-refractivity contribution in [2.45, 2.75) is 10.8 Å². The number of anilines is 1. The van der Waals surface area contributed by atoms with Gasteiger partial charge >= 0.3 is 0 Å². The van der Waals surface area contributed by atoms with Gasteiger partial charge < -0.3 is 0 Å². The molecular formula is C22H19N3O2S3. The van der Waals surface area contributed by atoms with Gasteiger partial charge in [-0.3, -0.25) is 4.72 Å². The van der Waals surface area contributed by atoms with Gasteiger partial charge in [0, 0.05) is 34.1 Å². The molecular weight excluding hydrogens is 434 g/mol. The minimum Gasteiger partial charge on any atom is -0.284 e. The van der Waals surface area contributed by atoms with Crippen LogP contribution in [0, 0.1) is 0 Å². The highest BCUT2D eigenvalue weighted by Gasteiger charge is 2.10. The van der Waals surface area contributed by atoms with Crippen molar-refractivity contribution in [2.75, 3.05) is 11.0 Å². The number of nitrogens with one attached hydrogen (secondary N) is 1. The maximum absolute atomic E-state index is 11.5. The topological polar surface area (TPSA) is 72.0 Å². The number of hydrogen-bond donors (Lipinski definition) is 1. The van der Waals surface area contributed by atoms with Crippen molar-refractivity contribution in [3.8, 4) is 21.8 Å². The molecule has 0 saturated heterocycles. The molecule has 0 fully saturated rings. The van der Waals surface area contributed by atoms with E-state index in [1.165, 1.54) is 5.56 Å². The quantitative estimate of drug-likeness (QED) is 0.372. The zero-order valence-electron chi connectivity index (χ0n) is 16.1. The molecule has 2 aromatic heterocycles. The Morgan fingerprint density at radius 3 is 2.63 bits per heavy atom. The number of thioether (sulfide) groups is 1. The van der Waals surface area contributed by atoms with Gasteiger partial charge in [0.15, 0.2) is 0 Å². The highest BCUT2D eigenvalue weighted by atomic mass is 32.2. The molecule has 1 N–H and O–H groups in total. The van der Waals surface area contributed by atoms with Gasteiger partial charge in [0.25, 0.3) is 0 Å². The minimum absolute atomic E-state index is 0.521. The largest absolute Gasteiger partial charge is 0.284 e. The first-order valence-electron chi connectivity index (χ1n) is 9.13. The number of pyridine rings is 1. The zero-order valence-corrected chi connectivity index (χ0v) is 18.6. The van der Waals surface area contributed by atoms with E-state index in [0.717, 1.165) is 38.9 Å². The molecule has 4 aromatic rings. The van der Waals surface area contributed by atoms with Crippen molar-refractivity contribution in [2.24, 2.45) is 0 Å². The van der Waals surface area contributed by atoms with Gasteiger partial charge in [-0.1, -0.05) is 42.5 Å². The Labute approximate surface area is 184 Å². The lowest BCUT2D eigenvalue weighted by Gasteiger charge is -2.05. The van der Waals surface area contributed by atoms with Crippen molar-refractivity contribution in [3.05, 3.63) is 83.9 Å². The molecule has 0 bridgehead atoms. The molecule has 0 unspecified atom stereocenters. The van der Waals surface area contributed by atoms with E-state index in [4.69, 9.17) is 4.98 Å². The summed E-state index contributed by atoms with van der Waals surface area (Å²) in [6.07, 6.45) is 2.94. The van der Waals surface area contributed by atoms with E-state index in [1.807, 2.05) is 41.8 Å². The molecule has 4 rings (SSSR count). The monoisotopic (exact) mass is 453 g/mol. The SMILES string of the molecule is CS(=O)(=O)Nc1cccc(-c2csc(-c3ccnc(SCc4ccccc4)c3)n2)c1. The van der Waals surface area contributed by atoms with Crippen LogP contribution in [0.1, 0.15) is 5.56 Å². The highest BCUT2D eigenvalue weighted by Crippen LogP contribution is 2.32. The number of aromatic nitrogens is 2. The molecule has 2 heterocycles. The van der Waals surface area contributed by atoms with Crippen LogP contribution in [0.2, 0.25) is 0 Å². The number of thiazole rings is 1. The average Bonchev–Trinajstić information content (AvgIpc) is 3.23. The molecule has 152 valence electrons. The summed E-state index contributed by atoms with van der Waals surface area (Å²) in [5.74, 6) is 0.862. The fourth-order valence-corrected chi connectivity index (χ4v) is 5.08. The molecule has 30 heavy (non-hydrogen) atoms. The van der Waals surface area contributed by atoms with Crippen molar-refractivity contribution in [1.82, 2.24) is 9.97 Å². The first-order chi connectivity index (χ1) is 14.5. The summed E-state index contributed by atoms with van der Waals surface area (Å²) in [4.78, 5) is 9.22. The number of rotatable bonds is 7. The second-order valence-corrected chi connectivity index (χ2v) is 10.3. The number of hydrogen-bond acceptors (Lipinski definition) is 6. The predicted octanol–water partition coefficient (Wildman–Crippen LogP) is 5.54. The smallest absolute Gasteiger partial charge is 0.229 e. The Morgan fingerprint density at radius 1 is 1.00 bits per heavy atom. The Kier molecular flexibility index (Phi) is 6.17. The first-order valence-corrected chi connectivity index (χ1v) is 12.9. The molecule has 8 heteroatoms. The van der Waals surface area contributed by atoms with Gasteiger partial charge in [0.1, 0.15) is 5.01 Å². The summed E-state index contributed by atoms with van der Waals surface area (Å²) in [5.41, 5.74) is 4.46. The second kappa shape index (κ2) is 8.99. The Hall–Kier alpha value is -2.68. The summed E-state index contributed by atoms with van der Waals surface area (Å²) in [5, 5.41) is 3.83. The highest BCUT2D eigenvalue weighted by molar-refractivity contribution is 7.98. The Balaban J connectivity index is 1.52. The van der Waals surface area contributed by atoms with E-state index in [0.29, 0.717) is 5.69 Å². The van der Waals surface area contributed by atoms with Gasteiger partial charge in [-0.15, -0.1) is 23.1 Å². The third kappa shape index (κ3) is 5.47. The van der Waals surface area contributed by atoms with E-state index < -0.39 is 10.0 Å². The lowest BCUT2D eigenvalue weighted by molar-refractivity contribution is 0.607. The van der Waals surface area contributed by atoms with E-state index in [2.05, 4.69) is 27.9 Å². The van der Waals surface area contributed by atoms with Crippen molar-refractivity contribution < 1.29 is 8.42 Å². The molecule has 0 spiro atoms. The summed E-state index contributed by atoms with van der Waals surface area (Å²) < 4.78 is 25.5. The van der Waals surface area contributed by atoms with Crippen molar-refractivity contribution >= 4 is 38.8 Å². The molecule has 0 aliphatic rings. The van der Waals surface area contributed by atoms with Gasteiger partial charge in [0.2, 0.25) is 10.0 Å². The number of sulfonamides is 1. The van der Waals surface area contributed by atoms with E-state index in [9.17, 15) is 8.42 Å². The van der Waals surface area contributed by atoms with Crippen LogP contribution in [-0.4, -0.2) is 24.6 Å². The van der Waals surface area contributed by atoms with E-state index in [1.54, 1.807) is 41.4 Å². The average molecular weight is 454 g/mol. The van der Waals surface area contributed by atoms with Crippen LogP contribution in [-0.2, 0) is 15.8 Å². The Bertz CT molecular complexity index is 1260. The summed E-state index contributed by atoms with van der Waals surface area (Å²) >= 11 is 3.25. The predicted molar refractivity (Wildman–Crippen MR) is 125 cm³/mol. The van der Waals surface area contributed by atoms with Crippen molar-refractivity contribution in [3.63, 3.8) is 0 Å². The maximum atomic E-state index is 11.5. The molecule has 0 aliphatic carbocycles. The summed E-state index contributed by atoms with van der Waals surface area (Å²) in [6, 6.07) is 21.5. The fraction of sp³-hybridized carbons (Fsp3) is 0.0909. The molecule has 2 aromatic carbocycles. The van der Waals surface area contributed by atoms with Crippen LogP contribution in [0.15, 0.2) is 83.3 Å². The molecule has 0 amide bonds. The number of benzene rings is 2. The van der Waals surface area contributed by atoms with Gasteiger partial charge in [-0.05, 0) is 29.8 Å². The first kappa shape index (κ1) is 20.6. The second-order valence-electron chi connectivity index (χ2n) is 6.65. The fourth-order valence-electron chi connectivity index (χ4n) is 2.85. The van der Waals surface area contributed by atoms with Gasteiger partial charge in [-0.2, -0.15) is 0 Å². The molecule has 0 atom stereocenters. The summed E-state index contributed by atoms with van der Waals surface area (Å²) in [7, 11) is -3.32. The standard InChI is InChI=1S/C22H19N3O2S3/c1-30(26,27)25-19-9-5-8-17(12-19)20-15-29-22(24-20)18-10-11-23-21(13-18)28-14-16-6-3-2-4-7-16/h2-13,15,25H,14H2,1H3. The lowest BCUT2D eigenvalue weighted by atomic mass is 10.1. The van der Waals surface area contributed by atoms with Crippen LogP contribution >= 0.6 is 23.1 Å². The van der Waals surface area contributed by atoms with Crippen LogP contribution in [0.5, 0.6) is 0 Å².